The molecule has 2 heterocycles. The van der Waals surface area contributed by atoms with Gasteiger partial charge in [0.25, 0.3) is 0 Å². The van der Waals surface area contributed by atoms with E-state index < -0.39 is 0 Å². The Morgan fingerprint density at radius 2 is 2.50 bits per heavy atom. The lowest BCUT2D eigenvalue weighted by atomic mass is 10.2. The van der Waals surface area contributed by atoms with Gasteiger partial charge >= 0.3 is 0 Å². The largest absolute Gasteiger partial charge is 0.378 e. The van der Waals surface area contributed by atoms with Gasteiger partial charge in [0.15, 0.2) is 0 Å². The zero-order chi connectivity index (χ0) is 11.4. The zero-order valence-electron chi connectivity index (χ0n) is 9.69. The number of morpholine rings is 1. The summed E-state index contributed by atoms with van der Waals surface area (Å²) in [4.78, 5) is 4.42. The van der Waals surface area contributed by atoms with Crippen molar-refractivity contribution in [3.05, 3.63) is 5.82 Å². The van der Waals surface area contributed by atoms with Crippen molar-refractivity contribution >= 4 is 16.7 Å². The Morgan fingerprint density at radius 3 is 3.12 bits per heavy atom. The first kappa shape index (κ1) is 11.8. The molecule has 0 aromatic carbocycles. The van der Waals surface area contributed by atoms with Gasteiger partial charge in [0.1, 0.15) is 5.82 Å². The van der Waals surface area contributed by atoms with Gasteiger partial charge in [-0.2, -0.15) is 4.37 Å². The highest BCUT2D eigenvalue weighted by Gasteiger charge is 2.13. The Labute approximate surface area is 99.8 Å². The van der Waals surface area contributed by atoms with Crippen molar-refractivity contribution < 1.29 is 4.74 Å². The van der Waals surface area contributed by atoms with E-state index in [1.165, 1.54) is 11.5 Å². The molecule has 0 aliphatic carbocycles. The van der Waals surface area contributed by atoms with Crippen molar-refractivity contribution in [2.75, 3.05) is 31.6 Å². The second-order valence-electron chi connectivity index (χ2n) is 4.22. The van der Waals surface area contributed by atoms with Gasteiger partial charge in [-0.15, -0.1) is 0 Å². The molecule has 2 N–H and O–H groups in total. The minimum absolute atomic E-state index is 0.375. The number of nitrogens with one attached hydrogen (secondary N) is 2. The lowest BCUT2D eigenvalue weighted by Gasteiger charge is -2.23. The predicted molar refractivity (Wildman–Crippen MR) is 65.1 cm³/mol. The van der Waals surface area contributed by atoms with Crippen LogP contribution in [0, 0.1) is 0 Å². The molecule has 1 fully saturated rings. The first-order valence-electron chi connectivity index (χ1n) is 5.64. The Kier molecular flexibility index (Phi) is 4.09. The monoisotopic (exact) mass is 242 g/mol. The topological polar surface area (TPSA) is 59.1 Å². The molecule has 1 unspecified atom stereocenters. The van der Waals surface area contributed by atoms with Crippen molar-refractivity contribution in [3.8, 4) is 0 Å². The van der Waals surface area contributed by atoms with Crippen LogP contribution in [0.15, 0.2) is 0 Å². The molecule has 1 aromatic heterocycles. The minimum atomic E-state index is 0.375. The summed E-state index contributed by atoms with van der Waals surface area (Å²) in [5.41, 5.74) is 0. The van der Waals surface area contributed by atoms with Crippen LogP contribution in [-0.2, 0) is 4.74 Å². The van der Waals surface area contributed by atoms with E-state index in [1.54, 1.807) is 0 Å². The van der Waals surface area contributed by atoms with Crippen molar-refractivity contribution in [2.45, 2.75) is 25.8 Å². The Bertz CT molecular complexity index is 322. The summed E-state index contributed by atoms with van der Waals surface area (Å²) in [6.45, 7) is 7.55. The molecule has 1 atom stereocenters. The molecule has 6 heteroatoms. The molecule has 16 heavy (non-hydrogen) atoms. The molecule has 0 saturated carbocycles. The molecular formula is C10H18N4OS. The molecule has 1 aliphatic heterocycles. The highest BCUT2D eigenvalue weighted by molar-refractivity contribution is 7.09. The van der Waals surface area contributed by atoms with Crippen molar-refractivity contribution in [1.29, 1.82) is 0 Å². The number of ether oxygens (including phenoxy) is 1. The molecular weight excluding hydrogens is 224 g/mol. The Hall–Kier alpha value is -0.720. The molecule has 0 bridgehead atoms. The normalized spacial score (nSPS) is 21.3. The van der Waals surface area contributed by atoms with E-state index in [4.69, 9.17) is 4.74 Å². The number of hydrogen-bond donors (Lipinski definition) is 2. The predicted octanol–water partition coefficient (Wildman–Crippen LogP) is 1.06. The summed E-state index contributed by atoms with van der Waals surface area (Å²) >= 11 is 1.43. The highest BCUT2D eigenvalue weighted by atomic mass is 32.1. The van der Waals surface area contributed by atoms with Crippen LogP contribution in [0.3, 0.4) is 0 Å². The standard InChI is InChI=1S/C10H18N4OS/c1-7(2)9-13-10(16-14-9)12-5-8-6-15-4-3-11-8/h7-8,11H,3-6H2,1-2H3,(H,12,13,14). The van der Waals surface area contributed by atoms with E-state index in [9.17, 15) is 0 Å². The van der Waals surface area contributed by atoms with Gasteiger partial charge in [-0.1, -0.05) is 13.8 Å². The van der Waals surface area contributed by atoms with Gasteiger partial charge in [-0.25, -0.2) is 4.98 Å². The molecule has 0 radical (unpaired) electrons. The summed E-state index contributed by atoms with van der Waals surface area (Å²) in [6, 6.07) is 0.375. The third-order valence-electron chi connectivity index (χ3n) is 2.46. The summed E-state index contributed by atoms with van der Waals surface area (Å²) in [7, 11) is 0. The van der Waals surface area contributed by atoms with Gasteiger partial charge in [0.2, 0.25) is 5.13 Å². The fourth-order valence-corrected chi connectivity index (χ4v) is 2.22. The van der Waals surface area contributed by atoms with Crippen LogP contribution >= 0.6 is 11.5 Å². The van der Waals surface area contributed by atoms with Gasteiger partial charge in [-0.05, 0) is 0 Å². The summed E-state index contributed by atoms with van der Waals surface area (Å²) < 4.78 is 9.67. The Morgan fingerprint density at radius 1 is 1.62 bits per heavy atom. The van der Waals surface area contributed by atoms with E-state index >= 15 is 0 Å². The van der Waals surface area contributed by atoms with Gasteiger partial charge in [0.05, 0.1) is 13.2 Å². The Balaban J connectivity index is 1.79. The fourth-order valence-electron chi connectivity index (χ4n) is 1.50. The number of anilines is 1. The molecule has 0 spiro atoms. The first-order chi connectivity index (χ1) is 7.75. The molecule has 1 saturated heterocycles. The van der Waals surface area contributed by atoms with Crippen molar-refractivity contribution in [1.82, 2.24) is 14.7 Å². The van der Waals surface area contributed by atoms with E-state index in [0.717, 1.165) is 37.3 Å². The van der Waals surface area contributed by atoms with E-state index in [2.05, 4.69) is 33.8 Å². The average molecular weight is 242 g/mol. The number of hydrogen-bond acceptors (Lipinski definition) is 6. The van der Waals surface area contributed by atoms with Gasteiger partial charge in [0, 0.05) is 36.6 Å². The van der Waals surface area contributed by atoms with Crippen molar-refractivity contribution in [2.24, 2.45) is 0 Å². The molecule has 90 valence electrons. The number of aromatic nitrogens is 2. The third-order valence-corrected chi connectivity index (χ3v) is 3.14. The summed E-state index contributed by atoms with van der Waals surface area (Å²) in [6.07, 6.45) is 0. The molecule has 2 rings (SSSR count). The zero-order valence-corrected chi connectivity index (χ0v) is 10.5. The van der Waals surface area contributed by atoms with Crippen LogP contribution in [0.4, 0.5) is 5.13 Å². The summed E-state index contributed by atoms with van der Waals surface area (Å²) in [5.74, 6) is 1.31. The highest BCUT2D eigenvalue weighted by Crippen LogP contribution is 2.17. The van der Waals surface area contributed by atoms with Crippen LogP contribution in [0.2, 0.25) is 0 Å². The van der Waals surface area contributed by atoms with E-state index in [-0.39, 0.29) is 0 Å². The second-order valence-corrected chi connectivity index (χ2v) is 4.97. The number of rotatable bonds is 4. The van der Waals surface area contributed by atoms with Crippen LogP contribution < -0.4 is 10.6 Å². The maximum absolute atomic E-state index is 5.38. The maximum Gasteiger partial charge on any atom is 0.202 e. The lowest BCUT2D eigenvalue weighted by molar-refractivity contribution is 0.0806. The van der Waals surface area contributed by atoms with Crippen LogP contribution in [-0.4, -0.2) is 41.7 Å². The molecule has 0 amide bonds. The smallest absolute Gasteiger partial charge is 0.202 e. The van der Waals surface area contributed by atoms with E-state index in [0.29, 0.717) is 12.0 Å². The lowest BCUT2D eigenvalue weighted by Crippen LogP contribution is -2.45. The number of nitrogens with zero attached hydrogens (tertiary/aromatic N) is 2. The van der Waals surface area contributed by atoms with Crippen LogP contribution in [0.1, 0.15) is 25.6 Å². The molecule has 1 aromatic rings. The SMILES string of the molecule is CC(C)c1nsc(NCC2COCCN2)n1. The fraction of sp³-hybridized carbons (Fsp3) is 0.800. The molecule has 5 nitrogen and oxygen atoms in total. The van der Waals surface area contributed by atoms with Crippen LogP contribution in [0.5, 0.6) is 0 Å². The van der Waals surface area contributed by atoms with Crippen molar-refractivity contribution in [3.63, 3.8) is 0 Å². The minimum Gasteiger partial charge on any atom is -0.378 e. The first-order valence-corrected chi connectivity index (χ1v) is 6.41. The van der Waals surface area contributed by atoms with Crippen LogP contribution in [0.25, 0.3) is 0 Å². The summed E-state index contributed by atoms with van der Waals surface area (Å²) in [5, 5.41) is 7.58. The maximum atomic E-state index is 5.38. The quantitative estimate of drug-likeness (QED) is 0.827. The second kappa shape index (κ2) is 5.56. The molecule has 1 aliphatic rings. The van der Waals surface area contributed by atoms with Gasteiger partial charge < -0.3 is 15.4 Å². The third kappa shape index (κ3) is 3.13. The average Bonchev–Trinajstić information content (AvgIpc) is 2.76. The van der Waals surface area contributed by atoms with Gasteiger partial charge in [-0.3, -0.25) is 0 Å². The van der Waals surface area contributed by atoms with E-state index in [1.807, 2.05) is 0 Å².